The third-order valence-electron chi connectivity index (χ3n) is 3.58. The van der Waals surface area contributed by atoms with Crippen LogP contribution in [0.5, 0.6) is 0 Å². The van der Waals surface area contributed by atoms with Crippen LogP contribution in [0.2, 0.25) is 0 Å². The summed E-state index contributed by atoms with van der Waals surface area (Å²) in [4.78, 5) is 14.7. The average Bonchev–Trinajstić information content (AvgIpc) is 2.59. The second-order valence-electron chi connectivity index (χ2n) is 5.21. The van der Waals surface area contributed by atoms with Crippen LogP contribution in [0.15, 0.2) is 35.2 Å². The molecule has 0 spiro atoms. The zero-order valence-corrected chi connectivity index (χ0v) is 15.6. The van der Waals surface area contributed by atoms with Crippen LogP contribution >= 0.6 is 23.5 Å². The molecule has 1 amide bonds. The number of hydrogen-bond acceptors (Lipinski definition) is 5. The predicted molar refractivity (Wildman–Crippen MR) is 97.5 cm³/mol. The number of amides is 1. The van der Waals surface area contributed by atoms with E-state index >= 15 is 0 Å². The van der Waals surface area contributed by atoms with Gasteiger partial charge in [0.25, 0.3) is 0 Å². The maximum atomic E-state index is 12.7. The molecule has 5 nitrogen and oxygen atoms in total. The van der Waals surface area contributed by atoms with Gasteiger partial charge in [0, 0.05) is 24.6 Å². The summed E-state index contributed by atoms with van der Waals surface area (Å²) in [7, 11) is -3.69. The van der Waals surface area contributed by atoms with Crippen molar-refractivity contribution in [3.63, 3.8) is 0 Å². The van der Waals surface area contributed by atoms with E-state index in [-0.39, 0.29) is 10.8 Å². The molecule has 1 aromatic rings. The lowest BCUT2D eigenvalue weighted by molar-refractivity contribution is -0.132. The van der Waals surface area contributed by atoms with Crippen molar-refractivity contribution in [2.75, 3.05) is 36.6 Å². The topological polar surface area (TPSA) is 66.5 Å². The van der Waals surface area contributed by atoms with Crippen LogP contribution in [0.3, 0.4) is 0 Å². The van der Waals surface area contributed by atoms with Crippen LogP contribution in [0, 0.1) is 0 Å². The Morgan fingerprint density at radius 1 is 1.30 bits per heavy atom. The Morgan fingerprint density at radius 2 is 1.96 bits per heavy atom. The number of carbonyl (C=O) groups excluding carboxylic acids is 1. The summed E-state index contributed by atoms with van der Waals surface area (Å²) in [5, 5.41) is 0. The number of benzene rings is 1. The molecule has 0 saturated carbocycles. The van der Waals surface area contributed by atoms with Crippen LogP contribution in [0.1, 0.15) is 6.42 Å². The highest BCUT2D eigenvalue weighted by molar-refractivity contribution is 7.99. The normalized spacial score (nSPS) is 17.0. The maximum absolute atomic E-state index is 12.7. The average molecular weight is 375 g/mol. The number of nitrogens with one attached hydrogen (secondary N) is 1. The minimum absolute atomic E-state index is 0.112. The van der Waals surface area contributed by atoms with Gasteiger partial charge in [-0.15, -0.1) is 0 Å². The molecule has 0 bridgehead atoms. The molecule has 1 N–H and O–H groups in total. The van der Waals surface area contributed by atoms with Gasteiger partial charge in [0.15, 0.2) is 0 Å². The molecule has 1 fully saturated rings. The van der Waals surface area contributed by atoms with Gasteiger partial charge >= 0.3 is 0 Å². The van der Waals surface area contributed by atoms with Gasteiger partial charge in [-0.05, 0) is 30.6 Å². The van der Waals surface area contributed by atoms with Crippen LogP contribution in [0.4, 0.5) is 0 Å². The van der Waals surface area contributed by atoms with Gasteiger partial charge in [0.1, 0.15) is 6.04 Å². The summed E-state index contributed by atoms with van der Waals surface area (Å²) >= 11 is 3.43. The van der Waals surface area contributed by atoms with Crippen molar-refractivity contribution in [3.8, 4) is 0 Å². The Hall–Kier alpha value is -0.700. The molecule has 23 heavy (non-hydrogen) atoms. The van der Waals surface area contributed by atoms with E-state index in [4.69, 9.17) is 0 Å². The highest BCUT2D eigenvalue weighted by Crippen LogP contribution is 2.15. The predicted octanol–water partition coefficient (Wildman–Crippen LogP) is 1.66. The lowest BCUT2D eigenvalue weighted by atomic mass is 10.2. The van der Waals surface area contributed by atoms with Gasteiger partial charge in [-0.2, -0.15) is 28.2 Å². The summed E-state index contributed by atoms with van der Waals surface area (Å²) in [6.45, 7) is 1.37. The highest BCUT2D eigenvalue weighted by atomic mass is 32.2. The first-order valence-electron chi connectivity index (χ1n) is 7.47. The van der Waals surface area contributed by atoms with Crippen LogP contribution in [-0.2, 0) is 14.8 Å². The van der Waals surface area contributed by atoms with Crippen LogP contribution in [-0.4, -0.2) is 61.9 Å². The second-order valence-corrected chi connectivity index (χ2v) is 9.13. The quantitative estimate of drug-likeness (QED) is 0.786. The molecule has 0 aromatic heterocycles. The fraction of sp³-hybridized carbons (Fsp3) is 0.533. The Morgan fingerprint density at radius 3 is 2.57 bits per heavy atom. The van der Waals surface area contributed by atoms with Crippen LogP contribution in [0.25, 0.3) is 0 Å². The van der Waals surface area contributed by atoms with E-state index in [1.54, 1.807) is 34.9 Å². The molecule has 0 radical (unpaired) electrons. The molecule has 1 unspecified atom stereocenters. The van der Waals surface area contributed by atoms with Gasteiger partial charge in [-0.1, -0.05) is 18.2 Å². The SMILES string of the molecule is CSCCC(NS(=O)(=O)c1ccccc1)C(=O)N1CCSCC1. The van der Waals surface area contributed by atoms with Gasteiger partial charge in [0.2, 0.25) is 15.9 Å². The third-order valence-corrected chi connectivity index (χ3v) is 6.66. The fourth-order valence-corrected chi connectivity index (χ4v) is 4.95. The number of nitrogens with zero attached hydrogens (tertiary/aromatic N) is 1. The van der Waals surface area contributed by atoms with E-state index in [0.29, 0.717) is 19.5 Å². The molecule has 2 rings (SSSR count). The first kappa shape index (κ1) is 18.6. The monoisotopic (exact) mass is 374 g/mol. The van der Waals surface area contributed by atoms with Crippen molar-refractivity contribution < 1.29 is 13.2 Å². The van der Waals surface area contributed by atoms with Gasteiger partial charge in [-0.3, -0.25) is 4.79 Å². The summed E-state index contributed by atoms with van der Waals surface area (Å²) < 4.78 is 27.6. The zero-order valence-electron chi connectivity index (χ0n) is 13.1. The van der Waals surface area contributed by atoms with Gasteiger partial charge < -0.3 is 4.90 Å². The van der Waals surface area contributed by atoms with E-state index in [1.807, 2.05) is 18.0 Å². The smallest absolute Gasteiger partial charge is 0.241 e. The molecular weight excluding hydrogens is 352 g/mol. The Kier molecular flexibility index (Phi) is 7.26. The molecule has 1 aliphatic heterocycles. The molecule has 128 valence electrons. The number of sulfonamides is 1. The molecule has 1 heterocycles. The van der Waals surface area contributed by atoms with Gasteiger partial charge in [-0.25, -0.2) is 8.42 Å². The standard InChI is InChI=1S/C15H22N2O3S3/c1-21-10-7-14(15(18)17-8-11-22-12-9-17)16-23(19,20)13-5-3-2-4-6-13/h2-6,14,16H,7-12H2,1H3. The second kappa shape index (κ2) is 8.96. The molecule has 8 heteroatoms. The largest absolute Gasteiger partial charge is 0.340 e. The molecule has 0 aliphatic carbocycles. The molecular formula is C15H22N2O3S3. The molecule has 1 atom stereocenters. The zero-order chi connectivity index (χ0) is 16.7. The summed E-state index contributed by atoms with van der Waals surface area (Å²) in [6, 6.07) is 7.49. The van der Waals surface area contributed by atoms with E-state index in [2.05, 4.69) is 4.72 Å². The Bertz CT molecular complexity index is 602. The molecule has 1 aliphatic rings. The lowest BCUT2D eigenvalue weighted by Crippen LogP contribution is -2.51. The highest BCUT2D eigenvalue weighted by Gasteiger charge is 2.29. The summed E-state index contributed by atoms with van der Waals surface area (Å²) in [5.41, 5.74) is 0. The first-order valence-corrected chi connectivity index (χ1v) is 11.5. The van der Waals surface area contributed by atoms with E-state index < -0.39 is 16.1 Å². The van der Waals surface area contributed by atoms with Crippen molar-refractivity contribution in [1.29, 1.82) is 0 Å². The van der Waals surface area contributed by atoms with Gasteiger partial charge in [0.05, 0.1) is 4.90 Å². The minimum Gasteiger partial charge on any atom is -0.340 e. The van der Waals surface area contributed by atoms with Crippen molar-refractivity contribution in [2.45, 2.75) is 17.4 Å². The third kappa shape index (κ3) is 5.41. The Labute approximate surface area is 146 Å². The van der Waals surface area contributed by atoms with Crippen molar-refractivity contribution in [3.05, 3.63) is 30.3 Å². The minimum atomic E-state index is -3.69. The molecule has 1 saturated heterocycles. The lowest BCUT2D eigenvalue weighted by Gasteiger charge is -2.30. The maximum Gasteiger partial charge on any atom is 0.241 e. The Balaban J connectivity index is 2.12. The van der Waals surface area contributed by atoms with Crippen molar-refractivity contribution in [1.82, 2.24) is 9.62 Å². The van der Waals surface area contributed by atoms with Crippen molar-refractivity contribution >= 4 is 39.5 Å². The van der Waals surface area contributed by atoms with Crippen LogP contribution < -0.4 is 4.72 Å². The number of rotatable bonds is 7. The van der Waals surface area contributed by atoms with Crippen molar-refractivity contribution in [2.24, 2.45) is 0 Å². The van der Waals surface area contributed by atoms with E-state index in [9.17, 15) is 13.2 Å². The van der Waals surface area contributed by atoms with E-state index in [1.165, 1.54) is 12.1 Å². The number of carbonyl (C=O) groups is 1. The van der Waals surface area contributed by atoms with E-state index in [0.717, 1.165) is 17.3 Å². The number of thioether (sulfide) groups is 2. The summed E-state index contributed by atoms with van der Waals surface area (Å²) in [6.07, 6.45) is 2.44. The number of hydrogen-bond donors (Lipinski definition) is 1. The fourth-order valence-electron chi connectivity index (χ4n) is 2.33. The first-order chi connectivity index (χ1) is 11.0. The molecule has 1 aromatic carbocycles. The summed E-state index contributed by atoms with van der Waals surface area (Å²) in [5.74, 6) is 2.44.